The second-order valence-corrected chi connectivity index (χ2v) is 7.38. The lowest BCUT2D eigenvalue weighted by Gasteiger charge is -2.21. The van der Waals surface area contributed by atoms with Gasteiger partial charge < -0.3 is 19.1 Å². The van der Waals surface area contributed by atoms with Crippen LogP contribution in [0.3, 0.4) is 0 Å². The third kappa shape index (κ3) is 3.98. The summed E-state index contributed by atoms with van der Waals surface area (Å²) in [5.74, 6) is -0.606. The molecule has 0 bridgehead atoms. The summed E-state index contributed by atoms with van der Waals surface area (Å²) in [7, 11) is 3.35. The van der Waals surface area contributed by atoms with Crippen molar-refractivity contribution in [3.8, 4) is 5.88 Å². The van der Waals surface area contributed by atoms with E-state index in [9.17, 15) is 18.4 Å². The van der Waals surface area contributed by atoms with Crippen LogP contribution in [0.2, 0.25) is 0 Å². The van der Waals surface area contributed by atoms with Crippen molar-refractivity contribution in [1.82, 2.24) is 24.1 Å². The molecule has 0 N–H and O–H groups in total. The maximum Gasteiger partial charge on any atom is 0.388 e. The van der Waals surface area contributed by atoms with Gasteiger partial charge in [-0.25, -0.2) is 4.68 Å². The summed E-state index contributed by atoms with van der Waals surface area (Å²) in [6.45, 7) is -1.26. The molecule has 30 heavy (non-hydrogen) atoms. The van der Waals surface area contributed by atoms with Crippen LogP contribution in [0.5, 0.6) is 5.88 Å². The average molecular weight is 417 g/mol. The van der Waals surface area contributed by atoms with E-state index < -0.39 is 6.61 Å². The highest BCUT2D eigenvalue weighted by molar-refractivity contribution is 5.94. The first-order chi connectivity index (χ1) is 14.3. The van der Waals surface area contributed by atoms with Gasteiger partial charge >= 0.3 is 6.61 Å². The van der Waals surface area contributed by atoms with Gasteiger partial charge in [-0.2, -0.15) is 13.9 Å². The molecule has 2 aromatic rings. The maximum absolute atomic E-state index is 12.7. The lowest BCUT2D eigenvalue weighted by Crippen LogP contribution is -2.36. The van der Waals surface area contributed by atoms with Crippen LogP contribution in [-0.2, 0) is 18.9 Å². The number of ether oxygens (including phenoxy) is 1. The van der Waals surface area contributed by atoms with Gasteiger partial charge in [-0.1, -0.05) is 0 Å². The molecular formula is C20H21F2N5O3. The van der Waals surface area contributed by atoms with Gasteiger partial charge in [-0.3, -0.25) is 9.59 Å². The van der Waals surface area contributed by atoms with Crippen LogP contribution < -0.4 is 4.74 Å². The van der Waals surface area contributed by atoms with Gasteiger partial charge in [0.05, 0.1) is 0 Å². The molecule has 0 aromatic carbocycles. The standard InChI is InChI=1S/C20H21F2N5O3/c1-24-6-5-13(8-24)3-4-17(28)26-9-14-11-27(12-15(14)10-26)19(29)16-7-18(25(2)23-16)30-20(21)22/h3-8,20H,9-12H2,1-2H3/b4-3+. The van der Waals surface area contributed by atoms with Crippen molar-refractivity contribution >= 4 is 17.9 Å². The highest BCUT2D eigenvalue weighted by atomic mass is 19.3. The summed E-state index contributed by atoms with van der Waals surface area (Å²) >= 11 is 0. The van der Waals surface area contributed by atoms with Crippen LogP contribution >= 0.6 is 0 Å². The summed E-state index contributed by atoms with van der Waals surface area (Å²) in [6.07, 6.45) is 7.16. The second-order valence-electron chi connectivity index (χ2n) is 7.38. The molecule has 0 saturated carbocycles. The topological polar surface area (TPSA) is 72.6 Å². The van der Waals surface area contributed by atoms with Crippen LogP contribution in [0.25, 0.3) is 6.08 Å². The minimum atomic E-state index is -2.99. The largest absolute Gasteiger partial charge is 0.417 e. The van der Waals surface area contributed by atoms with E-state index in [0.717, 1.165) is 21.4 Å². The van der Waals surface area contributed by atoms with Crippen molar-refractivity contribution in [3.05, 3.63) is 53.0 Å². The fourth-order valence-electron chi connectivity index (χ4n) is 3.69. The monoisotopic (exact) mass is 417 g/mol. The lowest BCUT2D eigenvalue weighted by molar-refractivity contribution is -0.124. The molecule has 4 heterocycles. The molecule has 8 nitrogen and oxygen atoms in total. The van der Waals surface area contributed by atoms with Gasteiger partial charge in [-0.15, -0.1) is 0 Å². The molecule has 4 rings (SSSR count). The maximum atomic E-state index is 12.7. The Bertz CT molecular complexity index is 1030. The van der Waals surface area contributed by atoms with E-state index >= 15 is 0 Å². The zero-order valence-corrected chi connectivity index (χ0v) is 16.6. The Morgan fingerprint density at radius 1 is 1.13 bits per heavy atom. The van der Waals surface area contributed by atoms with Crippen LogP contribution in [-0.4, -0.2) is 68.8 Å². The molecule has 0 unspecified atom stereocenters. The van der Waals surface area contributed by atoms with E-state index in [2.05, 4.69) is 9.84 Å². The van der Waals surface area contributed by atoms with Crippen LogP contribution in [0.15, 0.2) is 41.7 Å². The summed E-state index contributed by atoms with van der Waals surface area (Å²) in [4.78, 5) is 28.5. The molecule has 158 valence electrons. The summed E-state index contributed by atoms with van der Waals surface area (Å²) in [6, 6.07) is 3.13. The molecule has 10 heteroatoms. The van der Waals surface area contributed by atoms with Crippen molar-refractivity contribution in [1.29, 1.82) is 0 Å². The Kier molecular flexibility index (Phi) is 5.15. The van der Waals surface area contributed by atoms with Crippen molar-refractivity contribution in [2.45, 2.75) is 6.61 Å². The van der Waals surface area contributed by atoms with E-state index in [1.807, 2.05) is 30.1 Å². The highest BCUT2D eigenvalue weighted by Gasteiger charge is 2.34. The predicted octanol–water partition coefficient (Wildman–Crippen LogP) is 1.67. The van der Waals surface area contributed by atoms with Gasteiger partial charge in [0.2, 0.25) is 11.8 Å². The number of carbonyl (C=O) groups is 2. The molecule has 0 radical (unpaired) electrons. The fourth-order valence-corrected chi connectivity index (χ4v) is 3.69. The number of amides is 2. The van der Waals surface area contributed by atoms with Crippen molar-refractivity contribution in [2.24, 2.45) is 14.1 Å². The Labute approximate surface area is 171 Å². The predicted molar refractivity (Wildman–Crippen MR) is 104 cm³/mol. The Morgan fingerprint density at radius 3 is 2.40 bits per heavy atom. The minimum absolute atomic E-state index is 0.0491. The summed E-state index contributed by atoms with van der Waals surface area (Å²) < 4.78 is 32.2. The highest BCUT2D eigenvalue weighted by Crippen LogP contribution is 2.27. The molecule has 0 saturated heterocycles. The molecule has 2 aliphatic rings. The van der Waals surface area contributed by atoms with Crippen LogP contribution in [0.4, 0.5) is 8.78 Å². The van der Waals surface area contributed by atoms with E-state index in [0.29, 0.717) is 26.2 Å². The molecule has 0 fully saturated rings. The molecule has 2 aliphatic heterocycles. The van der Waals surface area contributed by atoms with Gasteiger partial charge in [0.15, 0.2) is 5.69 Å². The molecule has 2 amide bonds. The zero-order valence-electron chi connectivity index (χ0n) is 16.6. The Balaban J connectivity index is 1.34. The fraction of sp³-hybridized carbons (Fsp3) is 0.350. The summed E-state index contributed by atoms with van der Waals surface area (Å²) in [5.41, 5.74) is 3.07. The molecule has 0 aliphatic carbocycles. The first-order valence-corrected chi connectivity index (χ1v) is 9.37. The van der Waals surface area contributed by atoms with Crippen molar-refractivity contribution in [3.63, 3.8) is 0 Å². The van der Waals surface area contributed by atoms with Crippen molar-refractivity contribution in [2.75, 3.05) is 26.2 Å². The molecular weight excluding hydrogens is 396 g/mol. The normalized spacial score (nSPS) is 16.3. The minimum Gasteiger partial charge on any atom is -0.417 e. The zero-order chi connectivity index (χ0) is 21.4. The number of carbonyl (C=O) groups excluding carboxylic acids is 2. The third-order valence-corrected chi connectivity index (χ3v) is 5.16. The van der Waals surface area contributed by atoms with E-state index in [1.54, 1.807) is 22.0 Å². The Morgan fingerprint density at radius 2 is 1.80 bits per heavy atom. The number of hydrogen-bond donors (Lipinski definition) is 0. The number of aryl methyl sites for hydroxylation is 2. The molecule has 0 atom stereocenters. The van der Waals surface area contributed by atoms with Gasteiger partial charge in [0.1, 0.15) is 0 Å². The number of alkyl halides is 2. The van der Waals surface area contributed by atoms with Gasteiger partial charge in [0.25, 0.3) is 5.91 Å². The lowest BCUT2D eigenvalue weighted by atomic mass is 10.2. The summed E-state index contributed by atoms with van der Waals surface area (Å²) in [5, 5.41) is 3.97. The average Bonchev–Trinajstić information content (AvgIpc) is 3.43. The quantitative estimate of drug-likeness (QED) is 0.548. The van der Waals surface area contributed by atoms with Crippen LogP contribution in [0, 0.1) is 0 Å². The Hall–Kier alpha value is -3.43. The number of nitrogens with zero attached hydrogens (tertiary/aromatic N) is 5. The second kappa shape index (κ2) is 7.77. The van der Waals surface area contributed by atoms with Crippen molar-refractivity contribution < 1.29 is 23.1 Å². The number of rotatable bonds is 5. The van der Waals surface area contributed by atoms with E-state index in [1.165, 1.54) is 13.1 Å². The molecule has 0 spiro atoms. The first-order valence-electron chi connectivity index (χ1n) is 9.37. The first kappa shape index (κ1) is 19.9. The number of aromatic nitrogens is 3. The number of hydrogen-bond acceptors (Lipinski definition) is 4. The molecule has 2 aromatic heterocycles. The van der Waals surface area contributed by atoms with E-state index in [-0.39, 0.29) is 23.4 Å². The number of halogens is 2. The SMILES string of the molecule is Cn1ccc(/C=C/C(=O)N2CC3=C(C2)CN(C(=O)c2cc(OC(F)F)n(C)n2)C3)c1. The third-order valence-electron chi connectivity index (χ3n) is 5.16. The van der Waals surface area contributed by atoms with E-state index in [4.69, 9.17) is 0 Å². The van der Waals surface area contributed by atoms with Crippen LogP contribution in [0.1, 0.15) is 16.1 Å². The van der Waals surface area contributed by atoms with Gasteiger partial charge in [-0.05, 0) is 28.9 Å². The van der Waals surface area contributed by atoms with Gasteiger partial charge in [0, 0.05) is 64.8 Å². The smallest absolute Gasteiger partial charge is 0.388 e.